The molecule has 0 N–H and O–H groups in total. The van der Waals surface area contributed by atoms with Crippen molar-refractivity contribution in [1.29, 1.82) is 0 Å². The van der Waals surface area contributed by atoms with Gasteiger partial charge < -0.3 is 9.47 Å². The molecule has 0 saturated heterocycles. The first-order valence-corrected chi connectivity index (χ1v) is 3.95. The molecule has 2 nitrogen and oxygen atoms in total. The first-order chi connectivity index (χ1) is 5.72. The lowest BCUT2D eigenvalue weighted by Gasteiger charge is -2.09. The summed E-state index contributed by atoms with van der Waals surface area (Å²) in [6.45, 7) is 3.96. The van der Waals surface area contributed by atoms with Gasteiger partial charge in [-0.1, -0.05) is 6.07 Å². The topological polar surface area (TPSA) is 18.5 Å². The third-order valence-corrected chi connectivity index (χ3v) is 1.32. The zero-order valence-electron chi connectivity index (χ0n) is 7.63. The SMILES string of the molecule is COc1[c]c(OC(C)C)ccc1. The molecule has 2 heteroatoms. The Kier molecular flexibility index (Phi) is 2.97. The van der Waals surface area contributed by atoms with Crippen molar-refractivity contribution in [1.82, 2.24) is 0 Å². The van der Waals surface area contributed by atoms with Crippen LogP contribution in [0.5, 0.6) is 11.5 Å². The molecule has 1 rings (SSSR count). The average Bonchev–Trinajstić information content (AvgIpc) is 2.03. The predicted octanol–water partition coefficient (Wildman–Crippen LogP) is 2.28. The van der Waals surface area contributed by atoms with Gasteiger partial charge in [-0.15, -0.1) is 0 Å². The fourth-order valence-corrected chi connectivity index (χ4v) is 0.869. The molecule has 0 aliphatic heterocycles. The van der Waals surface area contributed by atoms with Crippen LogP contribution in [0.2, 0.25) is 0 Å². The van der Waals surface area contributed by atoms with Crippen molar-refractivity contribution in [3.8, 4) is 11.5 Å². The molecule has 0 heterocycles. The molecule has 1 aromatic carbocycles. The van der Waals surface area contributed by atoms with Crippen molar-refractivity contribution >= 4 is 0 Å². The normalized spacial score (nSPS) is 10.0. The van der Waals surface area contributed by atoms with Crippen LogP contribution < -0.4 is 9.47 Å². The van der Waals surface area contributed by atoms with Crippen molar-refractivity contribution in [3.63, 3.8) is 0 Å². The van der Waals surface area contributed by atoms with Gasteiger partial charge in [0.2, 0.25) is 0 Å². The molecule has 0 fully saturated rings. The van der Waals surface area contributed by atoms with Crippen molar-refractivity contribution in [3.05, 3.63) is 24.3 Å². The summed E-state index contributed by atoms with van der Waals surface area (Å²) in [5.74, 6) is 1.43. The quantitative estimate of drug-likeness (QED) is 0.684. The maximum atomic E-state index is 5.42. The number of benzene rings is 1. The highest BCUT2D eigenvalue weighted by atomic mass is 16.5. The molecule has 12 heavy (non-hydrogen) atoms. The van der Waals surface area contributed by atoms with Gasteiger partial charge in [-0.3, -0.25) is 0 Å². The minimum absolute atomic E-state index is 0.174. The van der Waals surface area contributed by atoms with E-state index in [1.807, 2.05) is 32.0 Å². The van der Waals surface area contributed by atoms with E-state index in [1.165, 1.54) is 0 Å². The molecule has 0 atom stereocenters. The van der Waals surface area contributed by atoms with Crippen molar-refractivity contribution in [2.75, 3.05) is 7.11 Å². The largest absolute Gasteiger partial charge is 0.496 e. The van der Waals surface area contributed by atoms with Crippen LogP contribution in [0.1, 0.15) is 13.8 Å². The maximum absolute atomic E-state index is 5.42. The second-order valence-corrected chi connectivity index (χ2v) is 2.75. The number of hydrogen-bond acceptors (Lipinski definition) is 2. The number of hydrogen-bond donors (Lipinski definition) is 0. The molecule has 0 bridgehead atoms. The molecule has 0 aromatic heterocycles. The third-order valence-electron chi connectivity index (χ3n) is 1.32. The summed E-state index contributed by atoms with van der Waals surface area (Å²) in [7, 11) is 1.62. The molecular weight excluding hydrogens is 152 g/mol. The highest BCUT2D eigenvalue weighted by molar-refractivity contribution is 5.31. The summed E-state index contributed by atoms with van der Waals surface area (Å²) in [6.07, 6.45) is 0.174. The van der Waals surface area contributed by atoms with E-state index < -0.39 is 0 Å². The minimum atomic E-state index is 0.174. The van der Waals surface area contributed by atoms with E-state index >= 15 is 0 Å². The lowest BCUT2D eigenvalue weighted by atomic mass is 10.3. The fourth-order valence-electron chi connectivity index (χ4n) is 0.869. The van der Waals surface area contributed by atoms with Gasteiger partial charge in [-0.25, -0.2) is 0 Å². The van der Waals surface area contributed by atoms with Crippen LogP contribution in [0.3, 0.4) is 0 Å². The summed E-state index contributed by atoms with van der Waals surface area (Å²) >= 11 is 0. The molecule has 0 aliphatic rings. The zero-order chi connectivity index (χ0) is 8.97. The minimum Gasteiger partial charge on any atom is -0.496 e. The van der Waals surface area contributed by atoms with Gasteiger partial charge in [0.1, 0.15) is 11.5 Å². The first kappa shape index (κ1) is 8.91. The van der Waals surface area contributed by atoms with E-state index in [1.54, 1.807) is 7.11 Å². The van der Waals surface area contributed by atoms with Crippen LogP contribution in [0.25, 0.3) is 0 Å². The van der Waals surface area contributed by atoms with E-state index in [9.17, 15) is 0 Å². The first-order valence-electron chi connectivity index (χ1n) is 3.95. The Bertz CT molecular complexity index is 243. The van der Waals surface area contributed by atoms with Crippen LogP contribution in [-0.2, 0) is 0 Å². The van der Waals surface area contributed by atoms with Crippen LogP contribution in [-0.4, -0.2) is 13.2 Å². The van der Waals surface area contributed by atoms with Gasteiger partial charge in [0, 0.05) is 0 Å². The summed E-state index contributed by atoms with van der Waals surface area (Å²) in [5.41, 5.74) is 0. The lowest BCUT2D eigenvalue weighted by Crippen LogP contribution is -2.05. The average molecular weight is 165 g/mol. The lowest BCUT2D eigenvalue weighted by molar-refractivity contribution is 0.240. The summed E-state index contributed by atoms with van der Waals surface area (Å²) < 4.78 is 10.4. The molecule has 1 aromatic rings. The monoisotopic (exact) mass is 165 g/mol. The second-order valence-electron chi connectivity index (χ2n) is 2.75. The standard InChI is InChI=1S/C10H13O2/c1-8(2)12-10-6-4-5-9(7-10)11-3/h4-6,8H,1-3H3. The van der Waals surface area contributed by atoms with Gasteiger partial charge in [-0.05, 0) is 26.0 Å². The Labute approximate surface area is 73.1 Å². The molecule has 0 spiro atoms. The van der Waals surface area contributed by atoms with E-state index in [2.05, 4.69) is 6.07 Å². The number of rotatable bonds is 3. The predicted molar refractivity (Wildman–Crippen MR) is 47.6 cm³/mol. The Morgan fingerprint density at radius 1 is 1.25 bits per heavy atom. The second kappa shape index (κ2) is 4.00. The highest BCUT2D eigenvalue weighted by Gasteiger charge is 1.98. The van der Waals surface area contributed by atoms with E-state index in [4.69, 9.17) is 9.47 Å². The zero-order valence-corrected chi connectivity index (χ0v) is 7.63. The van der Waals surface area contributed by atoms with E-state index in [0.717, 1.165) is 5.75 Å². The molecule has 0 aliphatic carbocycles. The van der Waals surface area contributed by atoms with Crippen LogP contribution in [0.15, 0.2) is 18.2 Å². The fraction of sp³-hybridized carbons (Fsp3) is 0.400. The summed E-state index contributed by atoms with van der Waals surface area (Å²) in [5, 5.41) is 0. The molecular formula is C10H13O2. The summed E-state index contributed by atoms with van der Waals surface area (Å²) in [6, 6.07) is 8.57. The highest BCUT2D eigenvalue weighted by Crippen LogP contribution is 2.18. The van der Waals surface area contributed by atoms with Crippen molar-refractivity contribution in [2.24, 2.45) is 0 Å². The number of ether oxygens (including phenoxy) is 2. The Morgan fingerprint density at radius 2 is 1.92 bits per heavy atom. The molecule has 1 radical (unpaired) electrons. The van der Waals surface area contributed by atoms with E-state index in [0.29, 0.717) is 5.75 Å². The van der Waals surface area contributed by atoms with E-state index in [-0.39, 0.29) is 6.10 Å². The molecule has 0 amide bonds. The van der Waals surface area contributed by atoms with Crippen LogP contribution in [0, 0.1) is 6.07 Å². The maximum Gasteiger partial charge on any atom is 0.131 e. The Hall–Kier alpha value is -1.18. The third kappa shape index (κ3) is 2.46. The number of methoxy groups -OCH3 is 1. The van der Waals surface area contributed by atoms with Crippen LogP contribution in [0.4, 0.5) is 0 Å². The smallest absolute Gasteiger partial charge is 0.131 e. The van der Waals surface area contributed by atoms with Gasteiger partial charge in [0.05, 0.1) is 19.3 Å². The molecule has 0 saturated carbocycles. The van der Waals surface area contributed by atoms with Crippen molar-refractivity contribution < 1.29 is 9.47 Å². The van der Waals surface area contributed by atoms with Gasteiger partial charge in [-0.2, -0.15) is 0 Å². The van der Waals surface area contributed by atoms with Crippen molar-refractivity contribution in [2.45, 2.75) is 20.0 Å². The Morgan fingerprint density at radius 3 is 2.50 bits per heavy atom. The molecule has 0 unspecified atom stereocenters. The van der Waals surface area contributed by atoms with Gasteiger partial charge >= 0.3 is 0 Å². The van der Waals surface area contributed by atoms with Crippen LogP contribution >= 0.6 is 0 Å². The van der Waals surface area contributed by atoms with Gasteiger partial charge in [0.15, 0.2) is 0 Å². The van der Waals surface area contributed by atoms with Gasteiger partial charge in [0.25, 0.3) is 0 Å². The molecule has 65 valence electrons. The Balaban J connectivity index is 2.72. The summed E-state index contributed by atoms with van der Waals surface area (Å²) in [4.78, 5) is 0.